The topological polar surface area (TPSA) is 237 Å². The van der Waals surface area contributed by atoms with Gasteiger partial charge in [0.05, 0.1) is 26.4 Å². The Balaban J connectivity index is 5.20. The van der Waals surface area contributed by atoms with Gasteiger partial charge in [-0.05, 0) is 37.5 Å². The van der Waals surface area contributed by atoms with Crippen molar-refractivity contribution < 1.29 is 80.2 Å². The van der Waals surface area contributed by atoms with Crippen molar-refractivity contribution in [2.75, 3.05) is 39.6 Å². The summed E-state index contributed by atoms with van der Waals surface area (Å²) in [5.74, 6) is -0.705. The second-order valence-corrected chi connectivity index (χ2v) is 28.5. The van der Waals surface area contributed by atoms with Crippen LogP contribution in [0.5, 0.6) is 0 Å². The fourth-order valence-electron chi connectivity index (χ4n) is 10.4. The van der Waals surface area contributed by atoms with E-state index in [1.807, 2.05) is 0 Å². The maximum Gasteiger partial charge on any atom is 0.472 e. The summed E-state index contributed by atoms with van der Waals surface area (Å²) in [5, 5.41) is 10.6. The first-order chi connectivity index (χ1) is 42.4. The molecule has 0 aliphatic rings. The van der Waals surface area contributed by atoms with Gasteiger partial charge < -0.3 is 33.8 Å². The van der Waals surface area contributed by atoms with Gasteiger partial charge in [-0.3, -0.25) is 37.3 Å². The Morgan fingerprint density at radius 3 is 0.864 bits per heavy atom. The van der Waals surface area contributed by atoms with Crippen LogP contribution in [0.2, 0.25) is 0 Å². The summed E-state index contributed by atoms with van der Waals surface area (Å²) in [6, 6.07) is 0. The SMILES string of the molecule is CCCCCCCCCCCCCCCCCCCCC(=O)O[C@H](COC(=O)CCCCCCCCCC(C)C)COP(=O)(O)OC[C@@H](O)COP(=O)(O)OC[C@@H](COC(=O)CCCCCCCCCCCC)OC(=O)CCCCCCCCC(C)CC. The molecule has 0 saturated heterocycles. The Bertz CT molecular complexity index is 1720. The average molecular weight is 1300 g/mol. The van der Waals surface area contributed by atoms with Crippen LogP contribution >= 0.6 is 15.6 Å². The number of aliphatic hydroxyl groups excluding tert-OH is 1. The molecular formula is C69H134O17P2. The number of ether oxygens (including phenoxy) is 4. The Morgan fingerprint density at radius 2 is 0.580 bits per heavy atom. The number of phosphoric acid groups is 2. The predicted octanol–water partition coefficient (Wildman–Crippen LogP) is 19.6. The Hall–Kier alpha value is -1.94. The lowest BCUT2D eigenvalue weighted by Gasteiger charge is -2.21. The van der Waals surface area contributed by atoms with Gasteiger partial charge in [-0.1, -0.05) is 298 Å². The molecule has 0 aromatic heterocycles. The van der Waals surface area contributed by atoms with Gasteiger partial charge in [0.2, 0.25) is 0 Å². The number of rotatable bonds is 68. The van der Waals surface area contributed by atoms with Crippen molar-refractivity contribution in [3.05, 3.63) is 0 Å². The van der Waals surface area contributed by atoms with Crippen LogP contribution in [0.1, 0.15) is 350 Å². The minimum atomic E-state index is -4.95. The van der Waals surface area contributed by atoms with Crippen molar-refractivity contribution in [2.24, 2.45) is 11.8 Å². The molecule has 0 spiro atoms. The third-order valence-electron chi connectivity index (χ3n) is 16.3. The highest BCUT2D eigenvalue weighted by Crippen LogP contribution is 2.45. The highest BCUT2D eigenvalue weighted by molar-refractivity contribution is 7.47. The summed E-state index contributed by atoms with van der Waals surface area (Å²) in [4.78, 5) is 72.4. The zero-order chi connectivity index (χ0) is 65.0. The van der Waals surface area contributed by atoms with Gasteiger partial charge in [0, 0.05) is 25.7 Å². The summed E-state index contributed by atoms with van der Waals surface area (Å²) in [6.07, 6.45) is 46.0. The molecule has 0 aliphatic heterocycles. The molecule has 88 heavy (non-hydrogen) atoms. The lowest BCUT2D eigenvalue weighted by molar-refractivity contribution is -0.161. The van der Waals surface area contributed by atoms with Gasteiger partial charge >= 0.3 is 39.5 Å². The van der Waals surface area contributed by atoms with Crippen molar-refractivity contribution in [2.45, 2.75) is 368 Å². The van der Waals surface area contributed by atoms with Crippen molar-refractivity contribution in [3.8, 4) is 0 Å². The molecule has 0 radical (unpaired) electrons. The Kier molecular flexibility index (Phi) is 59.9. The van der Waals surface area contributed by atoms with E-state index in [1.165, 1.54) is 161 Å². The predicted molar refractivity (Wildman–Crippen MR) is 354 cm³/mol. The molecule has 522 valence electrons. The molecule has 0 rings (SSSR count). The van der Waals surface area contributed by atoms with Crippen LogP contribution in [0.15, 0.2) is 0 Å². The third kappa shape index (κ3) is 61.6. The van der Waals surface area contributed by atoms with E-state index in [0.29, 0.717) is 31.6 Å². The smallest absolute Gasteiger partial charge is 0.462 e. The minimum Gasteiger partial charge on any atom is -0.462 e. The lowest BCUT2D eigenvalue weighted by atomic mass is 10.00. The average Bonchev–Trinajstić information content (AvgIpc) is 3.53. The van der Waals surface area contributed by atoms with Crippen LogP contribution in [-0.4, -0.2) is 96.7 Å². The van der Waals surface area contributed by atoms with E-state index in [2.05, 4.69) is 41.5 Å². The first kappa shape index (κ1) is 86.1. The largest absolute Gasteiger partial charge is 0.472 e. The molecule has 19 heteroatoms. The zero-order valence-electron chi connectivity index (χ0n) is 57.0. The maximum atomic E-state index is 13.0. The van der Waals surface area contributed by atoms with Crippen molar-refractivity contribution in [1.29, 1.82) is 0 Å². The van der Waals surface area contributed by atoms with Crippen molar-refractivity contribution in [3.63, 3.8) is 0 Å². The van der Waals surface area contributed by atoms with E-state index in [9.17, 15) is 43.2 Å². The molecule has 17 nitrogen and oxygen atoms in total. The van der Waals surface area contributed by atoms with E-state index in [1.54, 1.807) is 0 Å². The van der Waals surface area contributed by atoms with E-state index < -0.39 is 97.5 Å². The van der Waals surface area contributed by atoms with E-state index in [4.69, 9.17) is 37.0 Å². The fourth-order valence-corrected chi connectivity index (χ4v) is 12.0. The Morgan fingerprint density at radius 1 is 0.330 bits per heavy atom. The molecule has 0 fully saturated rings. The van der Waals surface area contributed by atoms with E-state index in [0.717, 1.165) is 102 Å². The maximum absolute atomic E-state index is 13.0. The molecule has 6 atom stereocenters. The molecule has 3 N–H and O–H groups in total. The van der Waals surface area contributed by atoms with Crippen molar-refractivity contribution in [1.82, 2.24) is 0 Å². The monoisotopic (exact) mass is 1300 g/mol. The zero-order valence-corrected chi connectivity index (χ0v) is 58.8. The van der Waals surface area contributed by atoms with Gasteiger partial charge in [0.25, 0.3) is 0 Å². The van der Waals surface area contributed by atoms with Crippen LogP contribution in [0.25, 0.3) is 0 Å². The van der Waals surface area contributed by atoms with Crippen LogP contribution in [0, 0.1) is 11.8 Å². The van der Waals surface area contributed by atoms with Gasteiger partial charge in [0.1, 0.15) is 19.3 Å². The molecule has 3 unspecified atom stereocenters. The number of carbonyl (C=O) groups is 4. The summed E-state index contributed by atoms with van der Waals surface area (Å²) in [6.45, 7) is 9.43. The van der Waals surface area contributed by atoms with E-state index >= 15 is 0 Å². The van der Waals surface area contributed by atoms with E-state index in [-0.39, 0.29) is 25.7 Å². The molecular weight excluding hydrogens is 1160 g/mol. The minimum absolute atomic E-state index is 0.103. The number of hydrogen-bond donors (Lipinski definition) is 3. The summed E-state index contributed by atoms with van der Waals surface area (Å²) in [5.41, 5.74) is 0. The first-order valence-corrected chi connectivity index (χ1v) is 39.0. The normalized spacial score (nSPS) is 14.5. The summed E-state index contributed by atoms with van der Waals surface area (Å²) in [7, 11) is -9.90. The van der Waals surface area contributed by atoms with Gasteiger partial charge in [0.15, 0.2) is 12.2 Å². The molecule has 0 aliphatic carbocycles. The molecule has 0 amide bonds. The second-order valence-electron chi connectivity index (χ2n) is 25.6. The van der Waals surface area contributed by atoms with Gasteiger partial charge in [-0.2, -0.15) is 0 Å². The fraction of sp³-hybridized carbons (Fsp3) is 0.942. The quantitative estimate of drug-likeness (QED) is 0.0222. The molecule has 0 bridgehead atoms. The number of unbranched alkanes of at least 4 members (excludes halogenated alkanes) is 37. The number of hydrogen-bond acceptors (Lipinski definition) is 15. The number of phosphoric ester groups is 2. The first-order valence-electron chi connectivity index (χ1n) is 36.0. The number of carbonyl (C=O) groups excluding carboxylic acids is 4. The van der Waals surface area contributed by atoms with Crippen LogP contribution < -0.4 is 0 Å². The lowest BCUT2D eigenvalue weighted by Crippen LogP contribution is -2.30. The van der Waals surface area contributed by atoms with Crippen LogP contribution in [0.3, 0.4) is 0 Å². The van der Waals surface area contributed by atoms with Crippen LogP contribution in [0.4, 0.5) is 0 Å². The van der Waals surface area contributed by atoms with Crippen molar-refractivity contribution >= 4 is 39.5 Å². The summed E-state index contributed by atoms with van der Waals surface area (Å²) < 4.78 is 68.2. The molecule has 0 saturated carbocycles. The third-order valence-corrected chi connectivity index (χ3v) is 18.2. The highest BCUT2D eigenvalue weighted by Gasteiger charge is 2.30. The standard InChI is InChI=1S/C69H134O17P2/c1-7-10-12-14-16-18-20-21-22-23-24-25-26-27-29-33-41-47-53-68(73)85-64(57-80-67(72)52-46-40-34-30-31-37-43-49-61(4)5)59-83-87(75,76)81-55-63(70)56-82-88(77,78)84-60-65(86-69(74)54-48-42-36-35-38-44-50-62(6)9-3)58-79-66(71)51-45-39-32-28-19-17-15-13-11-8-2/h61-65,70H,7-60H2,1-6H3,(H,75,76)(H,77,78)/t62?,63-,64-,65-/m1/s1. The summed E-state index contributed by atoms with van der Waals surface area (Å²) >= 11 is 0. The highest BCUT2D eigenvalue weighted by atomic mass is 31.2. The number of esters is 4. The molecule has 0 aromatic rings. The number of aliphatic hydroxyl groups is 1. The van der Waals surface area contributed by atoms with Gasteiger partial charge in [-0.25, -0.2) is 9.13 Å². The Labute approximate surface area is 537 Å². The molecule has 0 heterocycles. The molecule has 0 aromatic carbocycles. The second kappa shape index (κ2) is 61.3. The van der Waals surface area contributed by atoms with Gasteiger partial charge in [-0.15, -0.1) is 0 Å². The van der Waals surface area contributed by atoms with Crippen LogP contribution in [-0.2, 0) is 65.4 Å².